The summed E-state index contributed by atoms with van der Waals surface area (Å²) in [6.07, 6.45) is 6.71. The number of nitrogens with one attached hydrogen (secondary N) is 1. The maximum absolute atomic E-state index is 6.22. The summed E-state index contributed by atoms with van der Waals surface area (Å²) < 4.78 is 5.56. The third-order valence-corrected chi connectivity index (χ3v) is 5.85. The molecule has 2 nitrogen and oxygen atoms in total. The van der Waals surface area contributed by atoms with Gasteiger partial charge in [-0.15, -0.1) is 0 Å². The van der Waals surface area contributed by atoms with E-state index in [0.717, 1.165) is 42.1 Å². The summed E-state index contributed by atoms with van der Waals surface area (Å²) in [5.41, 5.74) is 1.67. The monoisotopic (exact) mass is 307 g/mol. The van der Waals surface area contributed by atoms with E-state index in [-0.39, 0.29) is 0 Å². The maximum atomic E-state index is 6.22. The summed E-state index contributed by atoms with van der Waals surface area (Å²) in [6.45, 7) is 4.37. The molecule has 2 fully saturated rings. The van der Waals surface area contributed by atoms with Crippen molar-refractivity contribution >= 4 is 11.6 Å². The molecule has 0 radical (unpaired) electrons. The van der Waals surface area contributed by atoms with Crippen molar-refractivity contribution in [2.24, 2.45) is 17.3 Å². The van der Waals surface area contributed by atoms with Crippen molar-refractivity contribution in [1.82, 2.24) is 5.32 Å². The van der Waals surface area contributed by atoms with Crippen LogP contribution in [0.25, 0.3) is 0 Å². The molecule has 2 aliphatic rings. The van der Waals surface area contributed by atoms with Crippen LogP contribution in [0.3, 0.4) is 0 Å². The molecule has 2 saturated carbocycles. The average molecular weight is 308 g/mol. The Kier molecular flexibility index (Phi) is 4.46. The zero-order valence-corrected chi connectivity index (χ0v) is 13.9. The van der Waals surface area contributed by atoms with E-state index in [1.165, 1.54) is 31.2 Å². The Morgan fingerprint density at radius 1 is 1.38 bits per heavy atom. The number of fused-ring (bicyclic) bond motifs is 2. The van der Waals surface area contributed by atoms with Crippen molar-refractivity contribution in [1.29, 1.82) is 0 Å². The van der Waals surface area contributed by atoms with Gasteiger partial charge >= 0.3 is 0 Å². The average Bonchev–Trinajstić information content (AvgIpc) is 3.06. The van der Waals surface area contributed by atoms with Crippen molar-refractivity contribution in [2.75, 3.05) is 20.2 Å². The third-order valence-electron chi connectivity index (χ3n) is 5.61. The van der Waals surface area contributed by atoms with Gasteiger partial charge in [-0.2, -0.15) is 0 Å². The van der Waals surface area contributed by atoms with Crippen molar-refractivity contribution in [3.05, 3.63) is 28.8 Å². The molecule has 0 amide bonds. The van der Waals surface area contributed by atoms with E-state index >= 15 is 0 Å². The molecule has 1 N–H and O–H groups in total. The van der Waals surface area contributed by atoms with Crippen LogP contribution in [0.1, 0.15) is 38.2 Å². The van der Waals surface area contributed by atoms with E-state index in [9.17, 15) is 0 Å². The summed E-state index contributed by atoms with van der Waals surface area (Å²) >= 11 is 6.22. The van der Waals surface area contributed by atoms with Crippen LogP contribution in [0, 0.1) is 17.3 Å². The smallest absolute Gasteiger partial charge is 0.122 e. The standard InChI is InChI=1S/C18H26ClNO/c1-3-20-12-18(10-13-4-5-15(18)8-13)11-14-9-16(19)6-7-17(14)21-2/h6-7,9,13,15,20H,3-5,8,10-12H2,1-2H3. The minimum absolute atomic E-state index is 0.400. The highest BCUT2D eigenvalue weighted by Gasteiger charge is 2.50. The first kappa shape index (κ1) is 15.2. The van der Waals surface area contributed by atoms with Crippen LogP contribution in [0.5, 0.6) is 5.75 Å². The quantitative estimate of drug-likeness (QED) is 0.845. The molecule has 2 bridgehead atoms. The van der Waals surface area contributed by atoms with Crippen molar-refractivity contribution in [3.63, 3.8) is 0 Å². The van der Waals surface area contributed by atoms with E-state index < -0.39 is 0 Å². The predicted molar refractivity (Wildman–Crippen MR) is 88.1 cm³/mol. The van der Waals surface area contributed by atoms with E-state index in [1.54, 1.807) is 7.11 Å². The molecule has 2 aliphatic carbocycles. The van der Waals surface area contributed by atoms with Crippen LogP contribution in [0.15, 0.2) is 18.2 Å². The molecule has 116 valence electrons. The van der Waals surface area contributed by atoms with Crippen LogP contribution in [-0.4, -0.2) is 20.2 Å². The van der Waals surface area contributed by atoms with Gasteiger partial charge in [0.05, 0.1) is 7.11 Å². The van der Waals surface area contributed by atoms with Crippen molar-refractivity contribution in [2.45, 2.75) is 39.0 Å². The number of hydrogen-bond acceptors (Lipinski definition) is 2. The third kappa shape index (κ3) is 2.93. The molecule has 0 aliphatic heterocycles. The highest BCUT2D eigenvalue weighted by molar-refractivity contribution is 6.30. The molecule has 0 saturated heterocycles. The molecule has 3 atom stereocenters. The van der Waals surface area contributed by atoms with Gasteiger partial charge in [-0.1, -0.05) is 24.9 Å². The first-order valence-corrected chi connectivity index (χ1v) is 8.58. The van der Waals surface area contributed by atoms with Gasteiger partial charge in [-0.3, -0.25) is 0 Å². The lowest BCUT2D eigenvalue weighted by Crippen LogP contribution is -2.40. The van der Waals surface area contributed by atoms with Gasteiger partial charge in [-0.25, -0.2) is 0 Å². The lowest BCUT2D eigenvalue weighted by Gasteiger charge is -2.38. The van der Waals surface area contributed by atoms with Crippen LogP contribution in [0.2, 0.25) is 5.02 Å². The minimum Gasteiger partial charge on any atom is -0.496 e. The second-order valence-corrected chi connectivity index (χ2v) is 7.29. The number of hydrogen-bond donors (Lipinski definition) is 1. The van der Waals surface area contributed by atoms with E-state index in [2.05, 4.69) is 18.3 Å². The Balaban J connectivity index is 1.87. The number of methoxy groups -OCH3 is 1. The highest BCUT2D eigenvalue weighted by Crippen LogP contribution is 2.57. The molecular weight excluding hydrogens is 282 g/mol. The van der Waals surface area contributed by atoms with Gasteiger partial charge in [0.1, 0.15) is 5.75 Å². The van der Waals surface area contributed by atoms with Gasteiger partial charge in [-0.05, 0) is 73.2 Å². The SMILES string of the molecule is CCNCC1(Cc2cc(Cl)ccc2OC)CC2CCC1C2. The topological polar surface area (TPSA) is 21.3 Å². The summed E-state index contributed by atoms with van der Waals surface area (Å²) in [6, 6.07) is 6.02. The highest BCUT2D eigenvalue weighted by atomic mass is 35.5. The molecular formula is C18H26ClNO. The molecule has 0 spiro atoms. The molecule has 3 unspecified atom stereocenters. The Labute approximate surface area is 133 Å². The van der Waals surface area contributed by atoms with Crippen LogP contribution >= 0.6 is 11.6 Å². The Hall–Kier alpha value is -0.730. The Morgan fingerprint density at radius 2 is 2.24 bits per heavy atom. The molecule has 0 aromatic heterocycles. The lowest BCUT2D eigenvalue weighted by molar-refractivity contribution is 0.156. The summed E-state index contributed by atoms with van der Waals surface area (Å²) in [7, 11) is 1.75. The van der Waals surface area contributed by atoms with Gasteiger partial charge in [0.15, 0.2) is 0 Å². The minimum atomic E-state index is 0.400. The van der Waals surface area contributed by atoms with E-state index in [1.807, 2.05) is 12.1 Å². The Bertz CT molecular complexity index is 504. The van der Waals surface area contributed by atoms with Crippen LogP contribution in [0.4, 0.5) is 0 Å². The zero-order valence-electron chi connectivity index (χ0n) is 13.1. The Morgan fingerprint density at radius 3 is 2.86 bits per heavy atom. The zero-order chi connectivity index (χ0) is 14.9. The summed E-state index contributed by atoms with van der Waals surface area (Å²) in [5.74, 6) is 2.79. The van der Waals surface area contributed by atoms with Gasteiger partial charge in [0.2, 0.25) is 0 Å². The fourth-order valence-corrected chi connectivity index (χ4v) is 4.89. The van der Waals surface area contributed by atoms with Gasteiger partial charge in [0.25, 0.3) is 0 Å². The van der Waals surface area contributed by atoms with Gasteiger partial charge in [0, 0.05) is 11.6 Å². The lowest BCUT2D eigenvalue weighted by atomic mass is 9.69. The molecule has 3 heteroatoms. The number of halogens is 1. The molecule has 1 aromatic rings. The van der Waals surface area contributed by atoms with E-state index in [4.69, 9.17) is 16.3 Å². The number of rotatable bonds is 6. The maximum Gasteiger partial charge on any atom is 0.122 e. The second-order valence-electron chi connectivity index (χ2n) is 6.86. The number of benzene rings is 1. The first-order valence-electron chi connectivity index (χ1n) is 8.20. The predicted octanol–water partition coefficient (Wildman–Crippen LogP) is 4.31. The van der Waals surface area contributed by atoms with E-state index in [0.29, 0.717) is 5.41 Å². The fourth-order valence-electron chi connectivity index (χ4n) is 4.69. The van der Waals surface area contributed by atoms with Crippen molar-refractivity contribution < 1.29 is 4.74 Å². The molecule has 21 heavy (non-hydrogen) atoms. The van der Waals surface area contributed by atoms with Crippen LogP contribution < -0.4 is 10.1 Å². The van der Waals surface area contributed by atoms with Crippen molar-refractivity contribution in [3.8, 4) is 5.75 Å². The molecule has 3 rings (SSSR count). The first-order chi connectivity index (χ1) is 10.2. The summed E-state index contributed by atoms with van der Waals surface area (Å²) in [5, 5.41) is 4.43. The number of ether oxygens (including phenoxy) is 1. The molecule has 0 heterocycles. The molecule has 1 aromatic carbocycles. The second kappa shape index (κ2) is 6.18. The fraction of sp³-hybridized carbons (Fsp3) is 0.667. The van der Waals surface area contributed by atoms with Gasteiger partial charge < -0.3 is 10.1 Å². The largest absolute Gasteiger partial charge is 0.496 e. The summed E-state index contributed by atoms with van der Waals surface area (Å²) in [4.78, 5) is 0. The normalized spacial score (nSPS) is 30.8. The van der Waals surface area contributed by atoms with Crippen LogP contribution in [-0.2, 0) is 6.42 Å².